The van der Waals surface area contributed by atoms with E-state index in [9.17, 15) is 9.59 Å². The Kier molecular flexibility index (Phi) is 5.15. The number of carbonyl (C=O) groups excluding carboxylic acids is 2. The van der Waals surface area contributed by atoms with Gasteiger partial charge >= 0.3 is 0 Å². The third kappa shape index (κ3) is 3.66. The zero-order valence-corrected chi connectivity index (χ0v) is 15.1. The zero-order chi connectivity index (χ0) is 18.7. The first kappa shape index (κ1) is 17.8. The van der Waals surface area contributed by atoms with Crippen LogP contribution in [0.15, 0.2) is 18.2 Å². The van der Waals surface area contributed by atoms with Gasteiger partial charge in [0.2, 0.25) is 11.8 Å². The summed E-state index contributed by atoms with van der Waals surface area (Å²) in [7, 11) is 0. The molecule has 0 aliphatic carbocycles. The summed E-state index contributed by atoms with van der Waals surface area (Å²) in [5.41, 5.74) is 1.85. The highest BCUT2D eigenvalue weighted by atomic mass is 16.5. The van der Waals surface area contributed by atoms with E-state index in [1.54, 1.807) is 21.7 Å². The fourth-order valence-corrected chi connectivity index (χ4v) is 3.00. The molecule has 0 saturated carbocycles. The first-order valence-electron chi connectivity index (χ1n) is 8.57. The number of ether oxygens (including phenoxy) is 1. The first-order chi connectivity index (χ1) is 12.5. The smallest absolute Gasteiger partial charge is 0.261 e. The average Bonchev–Trinajstić information content (AvgIpc) is 2.98. The van der Waals surface area contributed by atoms with Crippen molar-refractivity contribution in [2.24, 2.45) is 0 Å². The average molecular weight is 358 g/mol. The fraction of sp³-hybridized carbons (Fsp3) is 0.471. The molecule has 0 unspecified atom stereocenters. The normalized spacial score (nSPS) is 17.1. The number of aromatic nitrogens is 4. The molecule has 3 heterocycles. The lowest BCUT2D eigenvalue weighted by atomic mass is 10.1. The van der Waals surface area contributed by atoms with Gasteiger partial charge in [0.1, 0.15) is 6.04 Å². The Morgan fingerprint density at radius 2 is 2.15 bits per heavy atom. The summed E-state index contributed by atoms with van der Waals surface area (Å²) in [5.74, 6) is 0.461. The van der Waals surface area contributed by atoms with Crippen LogP contribution in [-0.2, 0) is 9.59 Å². The van der Waals surface area contributed by atoms with E-state index in [0.717, 1.165) is 11.4 Å². The van der Waals surface area contributed by atoms with Crippen LogP contribution in [0.4, 0.5) is 0 Å². The van der Waals surface area contributed by atoms with Gasteiger partial charge in [-0.3, -0.25) is 9.59 Å². The molecule has 2 aromatic heterocycles. The summed E-state index contributed by atoms with van der Waals surface area (Å²) < 4.78 is 7.14. The number of carbonyl (C=O) groups is 2. The maximum absolute atomic E-state index is 12.4. The van der Waals surface area contributed by atoms with Crippen LogP contribution in [-0.4, -0.2) is 62.4 Å². The summed E-state index contributed by atoms with van der Waals surface area (Å²) in [6, 6.07) is 4.88. The minimum Gasteiger partial charge on any atom is -0.466 e. The Hall–Kier alpha value is -2.97. The SMILES string of the molecule is CC[C@H]1C(=O)NCCN1C(=O)COc1ccc(-n2nc(C)cc2C)nn1. The quantitative estimate of drug-likeness (QED) is 0.830. The van der Waals surface area contributed by atoms with Gasteiger partial charge in [0.05, 0.1) is 5.69 Å². The van der Waals surface area contributed by atoms with Crippen LogP contribution >= 0.6 is 0 Å². The molecule has 1 N–H and O–H groups in total. The van der Waals surface area contributed by atoms with Gasteiger partial charge in [0, 0.05) is 24.8 Å². The van der Waals surface area contributed by atoms with Crippen molar-refractivity contribution in [2.45, 2.75) is 33.2 Å². The standard InChI is InChI=1S/C17H22N6O3/c1-4-13-17(25)18-7-8-22(13)16(24)10-26-15-6-5-14(19-20-15)23-12(3)9-11(2)21-23/h5-6,9,13H,4,7-8,10H2,1-3H3,(H,18,25)/t13-/m0/s1. The monoisotopic (exact) mass is 358 g/mol. The van der Waals surface area contributed by atoms with Crippen molar-refractivity contribution in [3.63, 3.8) is 0 Å². The summed E-state index contributed by atoms with van der Waals surface area (Å²) >= 11 is 0. The molecule has 9 nitrogen and oxygen atoms in total. The maximum Gasteiger partial charge on any atom is 0.261 e. The molecule has 138 valence electrons. The molecule has 2 amide bonds. The van der Waals surface area contributed by atoms with Gasteiger partial charge < -0.3 is 15.0 Å². The highest BCUT2D eigenvalue weighted by Gasteiger charge is 2.31. The predicted molar refractivity (Wildman–Crippen MR) is 92.9 cm³/mol. The third-order valence-electron chi connectivity index (χ3n) is 4.23. The van der Waals surface area contributed by atoms with E-state index in [1.165, 1.54) is 0 Å². The molecule has 0 bridgehead atoms. The second kappa shape index (κ2) is 7.51. The van der Waals surface area contributed by atoms with E-state index in [-0.39, 0.29) is 24.3 Å². The molecule has 0 aromatic carbocycles. The first-order valence-corrected chi connectivity index (χ1v) is 8.57. The molecule has 26 heavy (non-hydrogen) atoms. The molecule has 0 spiro atoms. The molecule has 3 rings (SSSR count). The van der Waals surface area contributed by atoms with E-state index >= 15 is 0 Å². The van der Waals surface area contributed by atoms with Crippen LogP contribution in [0.2, 0.25) is 0 Å². The summed E-state index contributed by atoms with van der Waals surface area (Å²) in [5, 5.41) is 15.2. The van der Waals surface area contributed by atoms with Crippen molar-refractivity contribution in [2.75, 3.05) is 19.7 Å². The molecule has 1 aliphatic heterocycles. The second-order valence-corrected chi connectivity index (χ2v) is 6.16. The van der Waals surface area contributed by atoms with Gasteiger partial charge in [-0.05, 0) is 32.4 Å². The van der Waals surface area contributed by atoms with Crippen molar-refractivity contribution < 1.29 is 14.3 Å². The van der Waals surface area contributed by atoms with Crippen LogP contribution in [0.3, 0.4) is 0 Å². The van der Waals surface area contributed by atoms with Crippen LogP contribution in [0, 0.1) is 13.8 Å². The van der Waals surface area contributed by atoms with Gasteiger partial charge in [0.15, 0.2) is 12.4 Å². The van der Waals surface area contributed by atoms with Crippen LogP contribution in [0.5, 0.6) is 5.88 Å². The summed E-state index contributed by atoms with van der Waals surface area (Å²) in [4.78, 5) is 25.8. The molecule has 2 aromatic rings. The minimum atomic E-state index is -0.445. The molecule has 1 aliphatic rings. The second-order valence-electron chi connectivity index (χ2n) is 6.16. The van der Waals surface area contributed by atoms with Crippen molar-refractivity contribution in [3.8, 4) is 11.7 Å². The molecule has 1 fully saturated rings. The summed E-state index contributed by atoms with van der Waals surface area (Å²) in [6.45, 7) is 6.47. The maximum atomic E-state index is 12.4. The van der Waals surface area contributed by atoms with Crippen LogP contribution in [0.25, 0.3) is 5.82 Å². The molecule has 1 saturated heterocycles. The Morgan fingerprint density at radius 1 is 1.35 bits per heavy atom. The number of amides is 2. The number of hydrogen-bond donors (Lipinski definition) is 1. The number of hydrogen-bond acceptors (Lipinski definition) is 6. The largest absolute Gasteiger partial charge is 0.466 e. The van der Waals surface area contributed by atoms with Gasteiger partial charge in [-0.1, -0.05) is 6.92 Å². The number of rotatable bonds is 5. The van der Waals surface area contributed by atoms with Crippen LogP contribution < -0.4 is 10.1 Å². The Morgan fingerprint density at radius 3 is 2.77 bits per heavy atom. The molecule has 9 heteroatoms. The molecule has 1 atom stereocenters. The van der Waals surface area contributed by atoms with E-state index < -0.39 is 6.04 Å². The number of nitrogens with one attached hydrogen (secondary N) is 1. The van der Waals surface area contributed by atoms with Gasteiger partial charge in [-0.15, -0.1) is 10.2 Å². The Labute approximate surface area is 151 Å². The van der Waals surface area contributed by atoms with E-state index in [2.05, 4.69) is 20.6 Å². The third-order valence-corrected chi connectivity index (χ3v) is 4.23. The zero-order valence-electron chi connectivity index (χ0n) is 15.1. The molecular formula is C17H22N6O3. The fourth-order valence-electron chi connectivity index (χ4n) is 3.00. The number of nitrogens with zero attached hydrogens (tertiary/aromatic N) is 5. The van der Waals surface area contributed by atoms with Crippen molar-refractivity contribution in [1.29, 1.82) is 0 Å². The lowest BCUT2D eigenvalue weighted by Gasteiger charge is -2.34. The number of piperazine rings is 1. The Bertz CT molecular complexity index is 801. The van der Waals surface area contributed by atoms with Gasteiger partial charge in [-0.2, -0.15) is 5.10 Å². The highest BCUT2D eigenvalue weighted by molar-refractivity contribution is 5.89. The molecular weight excluding hydrogens is 336 g/mol. The van der Waals surface area contributed by atoms with E-state index in [1.807, 2.05) is 26.8 Å². The van der Waals surface area contributed by atoms with Crippen LogP contribution in [0.1, 0.15) is 24.7 Å². The van der Waals surface area contributed by atoms with E-state index in [4.69, 9.17) is 4.74 Å². The van der Waals surface area contributed by atoms with E-state index in [0.29, 0.717) is 25.3 Å². The van der Waals surface area contributed by atoms with Crippen molar-refractivity contribution in [1.82, 2.24) is 30.2 Å². The molecule has 0 radical (unpaired) electrons. The number of aryl methyl sites for hydroxylation is 2. The van der Waals surface area contributed by atoms with Gasteiger partial charge in [0.25, 0.3) is 5.91 Å². The minimum absolute atomic E-state index is 0.124. The van der Waals surface area contributed by atoms with Gasteiger partial charge in [-0.25, -0.2) is 4.68 Å². The van der Waals surface area contributed by atoms with Crippen molar-refractivity contribution >= 4 is 11.8 Å². The highest BCUT2D eigenvalue weighted by Crippen LogP contribution is 2.13. The van der Waals surface area contributed by atoms with Crippen molar-refractivity contribution in [3.05, 3.63) is 29.6 Å². The predicted octanol–water partition coefficient (Wildman–Crippen LogP) is 0.395. The topological polar surface area (TPSA) is 102 Å². The lowest BCUT2D eigenvalue weighted by Crippen LogP contribution is -2.57. The Balaban J connectivity index is 1.62. The lowest BCUT2D eigenvalue weighted by molar-refractivity contribution is -0.144. The summed E-state index contributed by atoms with van der Waals surface area (Å²) in [6.07, 6.45) is 0.564.